The number of likely N-dealkylation sites (tertiary alicyclic amines) is 1. The number of fused-ring (bicyclic) bond motifs is 1. The number of aromatic nitrogens is 2. The monoisotopic (exact) mass is 543 g/mol. The first kappa shape index (κ1) is 27.8. The molecule has 2 amide bonds. The molecule has 1 aromatic carbocycles. The van der Waals surface area contributed by atoms with Gasteiger partial charge in [-0.2, -0.15) is 4.91 Å². The van der Waals surface area contributed by atoms with Crippen LogP contribution in [0, 0.1) is 4.91 Å². The molecular formula is C27H34ClN5O5. The molecule has 1 saturated heterocycles. The Hall–Kier alpha value is -3.27. The first-order chi connectivity index (χ1) is 18.0. The molecule has 1 N–H and O–H groups in total. The number of amides is 2. The third kappa shape index (κ3) is 6.06. The second-order valence-corrected chi connectivity index (χ2v) is 11.4. The lowest BCUT2D eigenvalue weighted by molar-refractivity contribution is -0.137. The second-order valence-electron chi connectivity index (χ2n) is 11.0. The van der Waals surface area contributed by atoms with Gasteiger partial charge in [0, 0.05) is 29.5 Å². The van der Waals surface area contributed by atoms with Crippen molar-refractivity contribution in [3.63, 3.8) is 0 Å². The minimum absolute atomic E-state index is 0.0189. The van der Waals surface area contributed by atoms with Crippen molar-refractivity contribution in [1.82, 2.24) is 19.8 Å². The fraction of sp³-hybridized carbons (Fsp3) is 0.556. The van der Waals surface area contributed by atoms with Gasteiger partial charge in [0.25, 0.3) is 5.56 Å². The van der Waals surface area contributed by atoms with Gasteiger partial charge in [-0.15, -0.1) is 0 Å². The van der Waals surface area contributed by atoms with E-state index in [1.807, 2.05) is 0 Å². The lowest BCUT2D eigenvalue weighted by atomic mass is 9.90. The predicted octanol–water partition coefficient (Wildman–Crippen LogP) is 4.85. The van der Waals surface area contributed by atoms with Gasteiger partial charge in [0.2, 0.25) is 5.91 Å². The number of unbranched alkanes of at least 4 members (excludes halogenated alkanes) is 1. The molecule has 2 aliphatic heterocycles. The molecule has 38 heavy (non-hydrogen) atoms. The molecule has 0 bridgehead atoms. The number of nitrogens with zero attached hydrogens (tertiary/aromatic N) is 4. The van der Waals surface area contributed by atoms with E-state index in [9.17, 15) is 19.3 Å². The van der Waals surface area contributed by atoms with Gasteiger partial charge in [0.15, 0.2) is 0 Å². The van der Waals surface area contributed by atoms with Crippen molar-refractivity contribution >= 4 is 23.6 Å². The van der Waals surface area contributed by atoms with E-state index in [0.717, 1.165) is 24.8 Å². The Labute approximate surface area is 226 Å². The quantitative estimate of drug-likeness (QED) is 0.519. The molecule has 0 aliphatic carbocycles. The number of nitrogens with one attached hydrogen (secondary N) is 1. The standard InChI is InChI=1S/C27H34ClN5O5/c1-5-6-7-17-13-32(25(35)21-12-19(31-37)14-33(21)26(36)38-27(2,3)4)15-20-22(17)29-23(30-24(20)34)16-8-10-18(28)11-9-16/h8-11,17,19,21H,5-7,12-15H2,1-4H3,(H,29,30,34)/t17-,19-,21+/m1/s1. The Kier molecular flexibility index (Phi) is 8.20. The van der Waals surface area contributed by atoms with E-state index in [1.165, 1.54) is 4.90 Å². The summed E-state index contributed by atoms with van der Waals surface area (Å²) in [6, 6.07) is 5.50. The van der Waals surface area contributed by atoms with Crippen molar-refractivity contribution in [2.75, 3.05) is 13.1 Å². The van der Waals surface area contributed by atoms with E-state index >= 15 is 0 Å². The van der Waals surface area contributed by atoms with E-state index in [2.05, 4.69) is 17.1 Å². The number of nitroso groups, excluding NO2 is 1. The number of ether oxygens (including phenoxy) is 1. The summed E-state index contributed by atoms with van der Waals surface area (Å²) in [4.78, 5) is 61.9. The van der Waals surface area contributed by atoms with Crippen molar-refractivity contribution in [1.29, 1.82) is 0 Å². The van der Waals surface area contributed by atoms with Crippen LogP contribution in [-0.2, 0) is 16.1 Å². The van der Waals surface area contributed by atoms with Crippen molar-refractivity contribution < 1.29 is 14.3 Å². The van der Waals surface area contributed by atoms with Gasteiger partial charge in [-0.3, -0.25) is 14.5 Å². The first-order valence-corrected chi connectivity index (χ1v) is 13.4. The van der Waals surface area contributed by atoms with Gasteiger partial charge in [-0.25, -0.2) is 9.78 Å². The van der Waals surface area contributed by atoms with Gasteiger partial charge in [-0.1, -0.05) is 36.5 Å². The molecule has 3 heterocycles. The highest BCUT2D eigenvalue weighted by Gasteiger charge is 2.45. The van der Waals surface area contributed by atoms with E-state index in [4.69, 9.17) is 21.3 Å². The Morgan fingerprint density at radius 1 is 1.21 bits per heavy atom. The molecule has 10 nitrogen and oxygen atoms in total. The van der Waals surface area contributed by atoms with E-state index in [1.54, 1.807) is 49.9 Å². The van der Waals surface area contributed by atoms with Crippen LogP contribution >= 0.6 is 11.6 Å². The highest BCUT2D eigenvalue weighted by atomic mass is 35.5. The molecule has 11 heteroatoms. The summed E-state index contributed by atoms with van der Waals surface area (Å²) >= 11 is 6.02. The van der Waals surface area contributed by atoms with E-state index in [0.29, 0.717) is 28.6 Å². The summed E-state index contributed by atoms with van der Waals surface area (Å²) in [5.74, 6) is -0.0128. The molecule has 2 aromatic rings. The summed E-state index contributed by atoms with van der Waals surface area (Å²) in [6.07, 6.45) is 2.07. The van der Waals surface area contributed by atoms with Crippen LogP contribution in [0.1, 0.15) is 70.6 Å². The molecule has 0 unspecified atom stereocenters. The molecule has 1 aromatic heterocycles. The predicted molar refractivity (Wildman–Crippen MR) is 144 cm³/mol. The number of halogens is 1. The molecule has 3 atom stereocenters. The highest BCUT2D eigenvalue weighted by molar-refractivity contribution is 6.30. The first-order valence-electron chi connectivity index (χ1n) is 13.0. The van der Waals surface area contributed by atoms with Gasteiger partial charge in [-0.05, 0) is 51.5 Å². The summed E-state index contributed by atoms with van der Waals surface area (Å²) < 4.78 is 5.49. The number of H-pyrrole nitrogens is 1. The molecule has 204 valence electrons. The SMILES string of the molecule is CCCC[C@@H]1CN(C(=O)[C@@H]2C[C@@H](N=O)CN2C(=O)OC(C)(C)C)Cc2c1nc(-c1ccc(Cl)cc1)[nH]c2=O. The zero-order valence-corrected chi connectivity index (χ0v) is 23.0. The number of hydrogen-bond acceptors (Lipinski definition) is 7. The lowest BCUT2D eigenvalue weighted by Crippen LogP contribution is -2.51. The van der Waals surface area contributed by atoms with Crippen molar-refractivity contribution in [2.45, 2.75) is 83.5 Å². The third-order valence-electron chi connectivity index (χ3n) is 6.90. The minimum Gasteiger partial charge on any atom is -0.444 e. The molecular weight excluding hydrogens is 510 g/mol. The van der Waals surface area contributed by atoms with Crippen molar-refractivity contribution in [2.24, 2.45) is 5.18 Å². The highest BCUT2D eigenvalue weighted by Crippen LogP contribution is 2.33. The number of aromatic amines is 1. The lowest BCUT2D eigenvalue weighted by Gasteiger charge is -2.36. The van der Waals surface area contributed by atoms with Gasteiger partial charge >= 0.3 is 6.09 Å². The average Bonchev–Trinajstić information content (AvgIpc) is 3.31. The normalized spacial score (nSPS) is 21.2. The minimum atomic E-state index is -0.888. The summed E-state index contributed by atoms with van der Waals surface area (Å²) in [6.45, 7) is 7.75. The van der Waals surface area contributed by atoms with Gasteiger partial charge in [0.05, 0.1) is 24.3 Å². The largest absolute Gasteiger partial charge is 0.444 e. The smallest absolute Gasteiger partial charge is 0.411 e. The molecule has 0 saturated carbocycles. The maximum Gasteiger partial charge on any atom is 0.411 e. The Balaban J connectivity index is 1.65. The molecule has 0 spiro atoms. The maximum atomic E-state index is 13.8. The van der Waals surface area contributed by atoms with Crippen LogP contribution in [0.4, 0.5) is 4.79 Å². The van der Waals surface area contributed by atoms with Crippen molar-refractivity contribution in [3.05, 3.63) is 55.8 Å². The van der Waals surface area contributed by atoms with Crippen LogP contribution < -0.4 is 5.56 Å². The number of carbonyl (C=O) groups is 2. The maximum absolute atomic E-state index is 13.8. The third-order valence-corrected chi connectivity index (χ3v) is 7.15. The van der Waals surface area contributed by atoms with Gasteiger partial charge < -0.3 is 14.6 Å². The fourth-order valence-corrected chi connectivity index (χ4v) is 5.19. The number of hydrogen-bond donors (Lipinski definition) is 1. The molecule has 2 aliphatic rings. The number of rotatable bonds is 6. The zero-order valence-electron chi connectivity index (χ0n) is 22.2. The summed E-state index contributed by atoms with van der Waals surface area (Å²) in [7, 11) is 0. The van der Waals surface area contributed by atoms with E-state index in [-0.39, 0.29) is 36.9 Å². The average molecular weight is 544 g/mol. The molecule has 0 radical (unpaired) electrons. The number of benzene rings is 1. The Morgan fingerprint density at radius 2 is 1.92 bits per heavy atom. The second kappa shape index (κ2) is 11.2. The Bertz CT molecular complexity index is 1260. The number of carbonyl (C=O) groups excluding carboxylic acids is 2. The summed E-state index contributed by atoms with van der Waals surface area (Å²) in [5.41, 5.74) is 0.817. The fourth-order valence-electron chi connectivity index (χ4n) is 5.06. The van der Waals surface area contributed by atoms with Crippen LogP contribution in [0.5, 0.6) is 0 Å². The van der Waals surface area contributed by atoms with Gasteiger partial charge in [0.1, 0.15) is 23.5 Å². The van der Waals surface area contributed by atoms with E-state index < -0.39 is 23.8 Å². The zero-order chi connectivity index (χ0) is 27.6. The molecule has 4 rings (SSSR count). The Morgan fingerprint density at radius 3 is 2.55 bits per heavy atom. The van der Waals surface area contributed by atoms with Crippen LogP contribution in [0.2, 0.25) is 5.02 Å². The van der Waals surface area contributed by atoms with Crippen LogP contribution in [0.25, 0.3) is 11.4 Å². The van der Waals surface area contributed by atoms with Crippen LogP contribution in [0.3, 0.4) is 0 Å². The van der Waals surface area contributed by atoms with Crippen molar-refractivity contribution in [3.8, 4) is 11.4 Å². The topological polar surface area (TPSA) is 125 Å². The van der Waals surface area contributed by atoms with Crippen LogP contribution in [-0.4, -0.2) is 62.5 Å². The van der Waals surface area contributed by atoms with Crippen LogP contribution in [0.15, 0.2) is 34.2 Å². The summed E-state index contributed by atoms with van der Waals surface area (Å²) in [5, 5.41) is 3.69. The molecule has 1 fully saturated rings.